The van der Waals surface area contributed by atoms with Gasteiger partial charge in [-0.2, -0.15) is 0 Å². The van der Waals surface area contributed by atoms with Crippen LogP contribution in [0.4, 0.5) is 0 Å². The molecule has 0 radical (unpaired) electrons. The molecule has 1 saturated heterocycles. The van der Waals surface area contributed by atoms with E-state index in [1.165, 1.54) is 6.42 Å². The average Bonchev–Trinajstić information content (AvgIpc) is 3.09. The van der Waals surface area contributed by atoms with Crippen molar-refractivity contribution in [3.05, 3.63) is 35.9 Å². The fraction of sp³-hybridized carbons (Fsp3) is 0.500. The minimum absolute atomic E-state index is 0.00639. The van der Waals surface area contributed by atoms with Gasteiger partial charge in [-0.05, 0) is 45.5 Å². The van der Waals surface area contributed by atoms with Crippen LogP contribution in [0, 0.1) is 0 Å². The zero-order chi connectivity index (χ0) is 15.0. The molecule has 0 bridgehead atoms. The van der Waals surface area contributed by atoms with E-state index in [1.807, 2.05) is 38.4 Å². The molecule has 5 nitrogen and oxygen atoms in total. The van der Waals surface area contributed by atoms with Gasteiger partial charge in [0.15, 0.2) is 5.69 Å². The van der Waals surface area contributed by atoms with E-state index < -0.39 is 0 Å². The third-order valence-electron chi connectivity index (χ3n) is 4.42. The lowest BCUT2D eigenvalue weighted by molar-refractivity contribution is 0.0799. The molecular formula is C16H22N4O. The van der Waals surface area contributed by atoms with Gasteiger partial charge >= 0.3 is 0 Å². The van der Waals surface area contributed by atoms with Gasteiger partial charge in [-0.1, -0.05) is 6.07 Å². The van der Waals surface area contributed by atoms with Crippen molar-refractivity contribution in [2.24, 2.45) is 0 Å². The van der Waals surface area contributed by atoms with Crippen LogP contribution < -0.4 is 0 Å². The first-order valence-electron chi connectivity index (χ1n) is 7.56. The highest BCUT2D eigenvalue weighted by Crippen LogP contribution is 2.31. The van der Waals surface area contributed by atoms with Crippen molar-refractivity contribution in [2.75, 3.05) is 27.2 Å². The Labute approximate surface area is 125 Å². The third-order valence-corrected chi connectivity index (χ3v) is 4.42. The Balaban J connectivity index is 2.12. The summed E-state index contributed by atoms with van der Waals surface area (Å²) in [4.78, 5) is 21.3. The van der Waals surface area contributed by atoms with Crippen molar-refractivity contribution in [3.8, 4) is 0 Å². The highest BCUT2D eigenvalue weighted by molar-refractivity contribution is 5.99. The molecule has 0 aromatic carbocycles. The number of imidazole rings is 1. The number of carbonyl (C=O) groups excluding carboxylic acids is 1. The summed E-state index contributed by atoms with van der Waals surface area (Å²) in [6.07, 6.45) is 4.29. The Morgan fingerprint density at radius 3 is 2.95 bits per heavy atom. The zero-order valence-electron chi connectivity index (χ0n) is 12.9. The van der Waals surface area contributed by atoms with Crippen LogP contribution in [0.15, 0.2) is 24.4 Å². The number of likely N-dealkylation sites (tertiary alicyclic amines) is 1. The van der Waals surface area contributed by atoms with Crippen molar-refractivity contribution in [3.63, 3.8) is 0 Å². The van der Waals surface area contributed by atoms with Crippen LogP contribution in [0.3, 0.4) is 0 Å². The van der Waals surface area contributed by atoms with Crippen LogP contribution >= 0.6 is 0 Å². The second-order valence-corrected chi connectivity index (χ2v) is 5.73. The Morgan fingerprint density at radius 2 is 2.29 bits per heavy atom. The normalized spacial score (nSPS) is 19.3. The van der Waals surface area contributed by atoms with Gasteiger partial charge in [0.2, 0.25) is 0 Å². The lowest BCUT2D eigenvalue weighted by atomic mass is 10.2. The second-order valence-electron chi connectivity index (χ2n) is 5.73. The van der Waals surface area contributed by atoms with Crippen molar-refractivity contribution in [1.29, 1.82) is 0 Å². The number of hydrogen-bond acceptors (Lipinski definition) is 3. The SMILES string of the molecule is CCN(C)C(=O)c1nc([C@H]2CCCN2C)n2ccccc12. The molecule has 0 aliphatic carbocycles. The summed E-state index contributed by atoms with van der Waals surface area (Å²) in [6.45, 7) is 3.75. The molecule has 3 rings (SSSR count). The number of aromatic nitrogens is 2. The first-order valence-corrected chi connectivity index (χ1v) is 7.56. The minimum Gasteiger partial charge on any atom is -0.341 e. The first-order chi connectivity index (χ1) is 10.1. The van der Waals surface area contributed by atoms with E-state index in [4.69, 9.17) is 4.98 Å². The number of fused-ring (bicyclic) bond motifs is 1. The Bertz CT molecular complexity index is 663. The molecule has 0 saturated carbocycles. The van der Waals surface area contributed by atoms with E-state index >= 15 is 0 Å². The zero-order valence-corrected chi connectivity index (χ0v) is 12.9. The quantitative estimate of drug-likeness (QED) is 0.868. The summed E-state index contributed by atoms with van der Waals surface area (Å²) < 4.78 is 2.07. The smallest absolute Gasteiger partial charge is 0.274 e. The fourth-order valence-electron chi connectivity index (χ4n) is 3.01. The van der Waals surface area contributed by atoms with E-state index in [0.717, 1.165) is 24.3 Å². The van der Waals surface area contributed by atoms with Crippen molar-refractivity contribution in [2.45, 2.75) is 25.8 Å². The van der Waals surface area contributed by atoms with Crippen molar-refractivity contribution in [1.82, 2.24) is 19.2 Å². The van der Waals surface area contributed by atoms with Crippen LogP contribution in [-0.4, -0.2) is 52.3 Å². The van der Waals surface area contributed by atoms with Gasteiger partial charge in [-0.15, -0.1) is 0 Å². The highest BCUT2D eigenvalue weighted by Gasteiger charge is 2.29. The Hall–Kier alpha value is -1.88. The van der Waals surface area contributed by atoms with Gasteiger partial charge in [0.05, 0.1) is 11.6 Å². The van der Waals surface area contributed by atoms with Crippen molar-refractivity contribution >= 4 is 11.4 Å². The fourth-order valence-corrected chi connectivity index (χ4v) is 3.01. The molecule has 1 atom stereocenters. The maximum Gasteiger partial charge on any atom is 0.274 e. The maximum absolute atomic E-state index is 12.5. The Morgan fingerprint density at radius 1 is 1.48 bits per heavy atom. The van der Waals surface area contributed by atoms with E-state index in [-0.39, 0.29) is 5.91 Å². The minimum atomic E-state index is -0.00639. The summed E-state index contributed by atoms with van der Waals surface area (Å²) in [6, 6.07) is 6.23. The van der Waals surface area contributed by atoms with Crippen molar-refractivity contribution < 1.29 is 4.79 Å². The van der Waals surface area contributed by atoms with Gasteiger partial charge in [-0.25, -0.2) is 4.98 Å². The topological polar surface area (TPSA) is 40.9 Å². The van der Waals surface area contributed by atoms with Crippen LogP contribution in [0.25, 0.3) is 5.52 Å². The molecule has 1 fully saturated rings. The second kappa shape index (κ2) is 5.48. The summed E-state index contributed by atoms with van der Waals surface area (Å²) in [7, 11) is 3.94. The van der Waals surface area contributed by atoms with Gasteiger partial charge in [0.25, 0.3) is 5.91 Å². The molecule has 2 aromatic rings. The molecule has 0 unspecified atom stereocenters. The van der Waals surface area contributed by atoms with E-state index in [1.54, 1.807) is 4.90 Å². The van der Waals surface area contributed by atoms with Gasteiger partial charge in [-0.3, -0.25) is 9.69 Å². The maximum atomic E-state index is 12.5. The number of pyridine rings is 1. The summed E-state index contributed by atoms with van der Waals surface area (Å²) in [5.74, 6) is 0.978. The molecule has 21 heavy (non-hydrogen) atoms. The molecule has 1 aliphatic heterocycles. The molecule has 2 aromatic heterocycles. The van der Waals surface area contributed by atoms with Gasteiger partial charge < -0.3 is 9.30 Å². The molecule has 0 spiro atoms. The lowest BCUT2D eigenvalue weighted by Gasteiger charge is -2.18. The van der Waals surface area contributed by atoms with Crippen LogP contribution in [-0.2, 0) is 0 Å². The van der Waals surface area contributed by atoms with Crippen LogP contribution in [0.5, 0.6) is 0 Å². The highest BCUT2D eigenvalue weighted by atomic mass is 16.2. The molecular weight excluding hydrogens is 264 g/mol. The summed E-state index contributed by atoms with van der Waals surface area (Å²) >= 11 is 0. The van der Waals surface area contributed by atoms with E-state index in [9.17, 15) is 4.79 Å². The number of nitrogens with zero attached hydrogens (tertiary/aromatic N) is 4. The molecule has 112 valence electrons. The molecule has 1 aliphatic rings. The average molecular weight is 286 g/mol. The predicted molar refractivity (Wildman–Crippen MR) is 82.4 cm³/mol. The largest absolute Gasteiger partial charge is 0.341 e. The monoisotopic (exact) mass is 286 g/mol. The number of rotatable bonds is 3. The molecule has 5 heteroatoms. The molecule has 1 amide bonds. The Kier molecular flexibility index (Phi) is 3.68. The van der Waals surface area contributed by atoms with E-state index in [2.05, 4.69) is 16.3 Å². The standard InChI is InChI=1S/C16H22N4O/c1-4-18(2)16(21)14-12-8-5-6-11-20(12)15(17-14)13-9-7-10-19(13)3/h5-6,8,11,13H,4,7,9-10H2,1-3H3/t13-/m1/s1. The first kappa shape index (κ1) is 14.1. The van der Waals surface area contributed by atoms with Crippen LogP contribution in [0.1, 0.15) is 42.1 Å². The molecule has 3 heterocycles. The van der Waals surface area contributed by atoms with E-state index in [0.29, 0.717) is 18.3 Å². The van der Waals surface area contributed by atoms with Gasteiger partial charge in [0.1, 0.15) is 5.82 Å². The summed E-state index contributed by atoms with van der Waals surface area (Å²) in [5.41, 5.74) is 1.47. The number of amides is 1. The summed E-state index contributed by atoms with van der Waals surface area (Å²) in [5, 5.41) is 0. The third kappa shape index (κ3) is 2.31. The van der Waals surface area contributed by atoms with Gasteiger partial charge in [0, 0.05) is 19.8 Å². The number of carbonyl (C=O) groups is 1. The molecule has 0 N–H and O–H groups in total. The van der Waals surface area contributed by atoms with Crippen LogP contribution in [0.2, 0.25) is 0 Å². The number of hydrogen-bond donors (Lipinski definition) is 0. The lowest BCUT2D eigenvalue weighted by Crippen LogP contribution is -2.26. The predicted octanol–water partition coefficient (Wildman–Crippen LogP) is 2.19.